The van der Waals surface area contributed by atoms with Crippen molar-refractivity contribution < 1.29 is 4.74 Å². The van der Waals surface area contributed by atoms with Crippen LogP contribution in [0.1, 0.15) is 25.0 Å². The fourth-order valence-electron chi connectivity index (χ4n) is 4.90. The normalized spacial score (nSPS) is 13.6. The van der Waals surface area contributed by atoms with Crippen molar-refractivity contribution in [2.24, 2.45) is 0 Å². The maximum atomic E-state index is 5.99. The Balaban J connectivity index is 1.48. The summed E-state index contributed by atoms with van der Waals surface area (Å²) in [6.07, 6.45) is 3.58. The molecule has 5 aromatic rings. The zero-order valence-electron chi connectivity index (χ0n) is 19.7. The van der Waals surface area contributed by atoms with Crippen molar-refractivity contribution in [1.82, 2.24) is 9.97 Å². The van der Waals surface area contributed by atoms with Crippen LogP contribution in [0.3, 0.4) is 0 Å². The minimum atomic E-state index is -0.139. The largest absolute Gasteiger partial charge is 0.439 e. The van der Waals surface area contributed by atoms with Crippen LogP contribution in [-0.4, -0.2) is 9.97 Å². The van der Waals surface area contributed by atoms with Crippen molar-refractivity contribution in [2.45, 2.75) is 19.3 Å². The van der Waals surface area contributed by atoms with E-state index in [1.807, 2.05) is 48.7 Å². The third kappa shape index (κ3) is 3.73. The van der Waals surface area contributed by atoms with Crippen molar-refractivity contribution >= 4 is 17.2 Å². The summed E-state index contributed by atoms with van der Waals surface area (Å²) in [6, 6.07) is 35.2. The second kappa shape index (κ2) is 8.41. The highest BCUT2D eigenvalue weighted by atomic mass is 16.5. The van der Waals surface area contributed by atoms with Gasteiger partial charge in [0.1, 0.15) is 11.6 Å². The number of fused-ring (bicyclic) bond motifs is 2. The summed E-state index contributed by atoms with van der Waals surface area (Å²) < 4.78 is 5.99. The maximum absolute atomic E-state index is 5.99. The fraction of sp³-hybridized carbons (Fsp3) is 0.0968. The fourth-order valence-corrected chi connectivity index (χ4v) is 4.90. The molecule has 0 fully saturated rings. The molecule has 0 unspecified atom stereocenters. The zero-order chi connectivity index (χ0) is 23.8. The topological polar surface area (TPSA) is 38.2 Å². The molecule has 3 aromatic carbocycles. The maximum Gasteiger partial charge on any atom is 0.219 e. The summed E-state index contributed by atoms with van der Waals surface area (Å²) in [4.78, 5) is 11.3. The molecule has 6 rings (SSSR count). The molecule has 4 nitrogen and oxygen atoms in total. The molecular formula is C31H25N3O. The van der Waals surface area contributed by atoms with Crippen LogP contribution < -0.4 is 9.64 Å². The number of rotatable bonds is 4. The first-order valence-electron chi connectivity index (χ1n) is 11.8. The van der Waals surface area contributed by atoms with E-state index < -0.39 is 0 Å². The summed E-state index contributed by atoms with van der Waals surface area (Å²) in [7, 11) is 0. The standard InChI is InChI=1S/C31H25N3O/c1-31(2)25-12-3-4-13-27(25)34(29-14-5-7-18-32-29)28-21-23(16-17-26(28)31)22-10-9-11-24(20-22)35-30-15-6-8-19-33-30/h3-21H,1-2H3. The van der Waals surface area contributed by atoms with Gasteiger partial charge in [0.15, 0.2) is 0 Å². The van der Waals surface area contributed by atoms with Crippen LogP contribution in [0.5, 0.6) is 11.6 Å². The van der Waals surface area contributed by atoms with Gasteiger partial charge in [-0.25, -0.2) is 9.97 Å². The van der Waals surface area contributed by atoms with Gasteiger partial charge in [-0.05, 0) is 64.7 Å². The van der Waals surface area contributed by atoms with Gasteiger partial charge in [-0.3, -0.25) is 4.90 Å². The zero-order valence-corrected chi connectivity index (χ0v) is 19.7. The molecule has 0 spiro atoms. The highest BCUT2D eigenvalue weighted by Crippen LogP contribution is 2.52. The number of anilines is 3. The molecule has 1 aliphatic rings. The van der Waals surface area contributed by atoms with Crippen molar-refractivity contribution in [3.63, 3.8) is 0 Å². The molecule has 0 N–H and O–H groups in total. The highest BCUT2D eigenvalue weighted by molar-refractivity contribution is 5.87. The van der Waals surface area contributed by atoms with Crippen molar-refractivity contribution in [2.75, 3.05) is 4.90 Å². The van der Waals surface area contributed by atoms with E-state index in [2.05, 4.69) is 84.4 Å². The molecule has 2 aromatic heterocycles. The van der Waals surface area contributed by atoms with E-state index in [9.17, 15) is 0 Å². The van der Waals surface area contributed by atoms with Gasteiger partial charge in [0.05, 0.1) is 11.4 Å². The van der Waals surface area contributed by atoms with E-state index in [4.69, 9.17) is 9.72 Å². The molecule has 0 bridgehead atoms. The Morgan fingerprint density at radius 2 is 1.37 bits per heavy atom. The average molecular weight is 456 g/mol. The SMILES string of the molecule is CC1(C)c2ccccc2N(c2ccccn2)c2cc(-c3cccc(Oc4ccccn4)c3)ccc21. The quantitative estimate of drug-likeness (QED) is 0.275. The average Bonchev–Trinajstić information content (AvgIpc) is 2.90. The number of benzene rings is 3. The van der Waals surface area contributed by atoms with Crippen LogP contribution in [-0.2, 0) is 5.41 Å². The molecule has 1 aliphatic heterocycles. The van der Waals surface area contributed by atoms with Crippen molar-refractivity contribution in [3.8, 4) is 22.8 Å². The number of hydrogen-bond donors (Lipinski definition) is 0. The molecule has 0 aliphatic carbocycles. The van der Waals surface area contributed by atoms with Crippen LogP contribution in [0.4, 0.5) is 17.2 Å². The van der Waals surface area contributed by atoms with Gasteiger partial charge >= 0.3 is 0 Å². The second-order valence-electron chi connectivity index (χ2n) is 9.20. The first-order valence-corrected chi connectivity index (χ1v) is 11.8. The molecule has 170 valence electrons. The van der Waals surface area contributed by atoms with Gasteiger partial charge in [0.2, 0.25) is 5.88 Å². The Kier molecular flexibility index (Phi) is 5.07. The smallest absolute Gasteiger partial charge is 0.219 e. The molecule has 0 saturated carbocycles. The van der Waals surface area contributed by atoms with Gasteiger partial charge < -0.3 is 4.74 Å². The molecule has 35 heavy (non-hydrogen) atoms. The molecular weight excluding hydrogens is 430 g/mol. The lowest BCUT2D eigenvalue weighted by Gasteiger charge is -2.41. The van der Waals surface area contributed by atoms with Crippen LogP contribution in [0.15, 0.2) is 116 Å². The minimum absolute atomic E-state index is 0.139. The van der Waals surface area contributed by atoms with E-state index >= 15 is 0 Å². The first kappa shape index (κ1) is 21.1. The Labute approximate surface area is 205 Å². The third-order valence-electron chi connectivity index (χ3n) is 6.64. The predicted octanol–water partition coefficient (Wildman–Crippen LogP) is 8.05. The lowest BCUT2D eigenvalue weighted by atomic mass is 9.73. The van der Waals surface area contributed by atoms with Gasteiger partial charge in [0.25, 0.3) is 0 Å². The lowest BCUT2D eigenvalue weighted by Crippen LogP contribution is -2.30. The number of pyridine rings is 2. The van der Waals surface area contributed by atoms with Crippen LogP contribution in [0, 0.1) is 0 Å². The van der Waals surface area contributed by atoms with Crippen molar-refractivity contribution in [1.29, 1.82) is 0 Å². The third-order valence-corrected chi connectivity index (χ3v) is 6.64. The van der Waals surface area contributed by atoms with Gasteiger partial charge in [-0.1, -0.05) is 68.4 Å². The van der Waals surface area contributed by atoms with E-state index in [0.29, 0.717) is 5.88 Å². The number of para-hydroxylation sites is 1. The molecule has 0 saturated heterocycles. The van der Waals surface area contributed by atoms with E-state index in [1.54, 1.807) is 6.20 Å². The van der Waals surface area contributed by atoms with Gasteiger partial charge in [0, 0.05) is 23.9 Å². The highest BCUT2D eigenvalue weighted by Gasteiger charge is 2.37. The van der Waals surface area contributed by atoms with E-state index in [-0.39, 0.29) is 5.41 Å². The summed E-state index contributed by atoms with van der Waals surface area (Å²) >= 11 is 0. The second-order valence-corrected chi connectivity index (χ2v) is 9.20. The summed E-state index contributed by atoms with van der Waals surface area (Å²) in [6.45, 7) is 4.59. The number of hydrogen-bond acceptors (Lipinski definition) is 4. The first-order chi connectivity index (χ1) is 17.1. The molecule has 3 heterocycles. The minimum Gasteiger partial charge on any atom is -0.439 e. The Hall–Kier alpha value is -4.44. The van der Waals surface area contributed by atoms with Gasteiger partial charge in [-0.2, -0.15) is 0 Å². The monoisotopic (exact) mass is 455 g/mol. The number of ether oxygens (including phenoxy) is 1. The van der Waals surface area contributed by atoms with Crippen LogP contribution in [0.2, 0.25) is 0 Å². The number of nitrogens with zero attached hydrogens (tertiary/aromatic N) is 3. The summed E-state index contributed by atoms with van der Waals surface area (Å²) in [5, 5.41) is 0. The van der Waals surface area contributed by atoms with Crippen molar-refractivity contribution in [3.05, 3.63) is 127 Å². The van der Waals surface area contributed by atoms with E-state index in [1.165, 1.54) is 11.1 Å². The molecule has 0 amide bonds. The lowest BCUT2D eigenvalue weighted by molar-refractivity contribution is 0.463. The van der Waals surface area contributed by atoms with Crippen LogP contribution >= 0.6 is 0 Å². The predicted molar refractivity (Wildman–Crippen MR) is 141 cm³/mol. The van der Waals surface area contributed by atoms with Crippen LogP contribution in [0.25, 0.3) is 11.1 Å². The Bertz CT molecular complexity index is 1500. The van der Waals surface area contributed by atoms with Gasteiger partial charge in [-0.15, -0.1) is 0 Å². The molecule has 4 heteroatoms. The summed E-state index contributed by atoms with van der Waals surface area (Å²) in [5.41, 5.74) is 6.92. The number of aromatic nitrogens is 2. The molecule has 0 atom stereocenters. The van der Waals surface area contributed by atoms with E-state index in [0.717, 1.165) is 34.1 Å². The summed E-state index contributed by atoms with van der Waals surface area (Å²) in [5.74, 6) is 2.24. The Morgan fingerprint density at radius 1 is 0.629 bits per heavy atom. The molecule has 0 radical (unpaired) electrons. The Morgan fingerprint density at radius 3 is 2.17 bits per heavy atom.